The van der Waals surface area contributed by atoms with E-state index < -0.39 is 5.97 Å². The molecule has 0 unspecified atom stereocenters. The summed E-state index contributed by atoms with van der Waals surface area (Å²) in [6.45, 7) is 4.62. The van der Waals surface area contributed by atoms with Gasteiger partial charge in [0.25, 0.3) is 0 Å². The second-order valence-electron chi connectivity index (χ2n) is 5.91. The van der Waals surface area contributed by atoms with Gasteiger partial charge in [0.2, 0.25) is 0 Å². The van der Waals surface area contributed by atoms with E-state index in [-0.39, 0.29) is 17.0 Å². The minimum absolute atomic E-state index is 0.111. The van der Waals surface area contributed by atoms with Crippen molar-refractivity contribution in [2.75, 3.05) is 11.9 Å². The van der Waals surface area contributed by atoms with E-state index in [1.54, 1.807) is 18.2 Å². The molecule has 3 N–H and O–H groups in total. The van der Waals surface area contributed by atoms with Crippen LogP contribution in [0.4, 0.5) is 10.5 Å². The third-order valence-corrected chi connectivity index (χ3v) is 4.02. The maximum atomic E-state index is 11.9. The molecule has 114 valence electrons. The minimum Gasteiger partial charge on any atom is -0.478 e. The number of benzene rings is 1. The van der Waals surface area contributed by atoms with Crippen molar-refractivity contribution >= 4 is 17.7 Å². The summed E-state index contributed by atoms with van der Waals surface area (Å²) >= 11 is 0. The van der Waals surface area contributed by atoms with Crippen LogP contribution in [0.5, 0.6) is 0 Å². The van der Waals surface area contributed by atoms with Crippen LogP contribution in [0.15, 0.2) is 18.2 Å². The largest absolute Gasteiger partial charge is 0.478 e. The molecule has 5 nitrogen and oxygen atoms in total. The number of carboxylic acids is 1. The molecule has 1 fully saturated rings. The first-order chi connectivity index (χ1) is 9.96. The minimum atomic E-state index is -1.04. The summed E-state index contributed by atoms with van der Waals surface area (Å²) in [6, 6.07) is 4.61. The van der Waals surface area contributed by atoms with Gasteiger partial charge in [0.1, 0.15) is 0 Å². The molecule has 0 spiro atoms. The number of carboxylic acid groups (broad SMARTS) is 1. The molecule has 21 heavy (non-hydrogen) atoms. The van der Waals surface area contributed by atoms with Crippen molar-refractivity contribution in [1.82, 2.24) is 5.32 Å². The number of hydrogen-bond donors (Lipinski definition) is 3. The molecule has 1 saturated carbocycles. The van der Waals surface area contributed by atoms with Gasteiger partial charge in [0.15, 0.2) is 0 Å². The van der Waals surface area contributed by atoms with Crippen LogP contribution in [0.2, 0.25) is 0 Å². The van der Waals surface area contributed by atoms with Crippen LogP contribution in [0.25, 0.3) is 0 Å². The van der Waals surface area contributed by atoms with Crippen molar-refractivity contribution in [2.24, 2.45) is 5.41 Å². The van der Waals surface area contributed by atoms with Crippen LogP contribution in [0.3, 0.4) is 0 Å². The Kier molecular flexibility index (Phi) is 4.50. The third kappa shape index (κ3) is 3.97. The molecule has 0 heterocycles. The van der Waals surface area contributed by atoms with Gasteiger partial charge in [-0.15, -0.1) is 0 Å². The Morgan fingerprint density at radius 2 is 2.05 bits per heavy atom. The van der Waals surface area contributed by atoms with Gasteiger partial charge in [-0.25, -0.2) is 9.59 Å². The number of urea groups is 1. The Bertz CT molecular complexity index is 550. The number of aromatic carboxylic acids is 1. The Morgan fingerprint density at radius 3 is 2.62 bits per heavy atom. The highest BCUT2D eigenvalue weighted by molar-refractivity contribution is 6.00. The van der Waals surface area contributed by atoms with Crippen molar-refractivity contribution in [2.45, 2.75) is 39.5 Å². The number of carbonyl (C=O) groups excluding carboxylic acids is 1. The number of aryl methyl sites for hydroxylation is 1. The molecule has 2 rings (SSSR count). The van der Waals surface area contributed by atoms with Gasteiger partial charge >= 0.3 is 12.0 Å². The zero-order valence-corrected chi connectivity index (χ0v) is 12.5. The summed E-state index contributed by atoms with van der Waals surface area (Å²) in [5.74, 6) is -1.04. The fraction of sp³-hybridized carbons (Fsp3) is 0.500. The molecule has 0 aromatic heterocycles. The van der Waals surface area contributed by atoms with Crippen molar-refractivity contribution in [1.29, 1.82) is 0 Å². The van der Waals surface area contributed by atoms with Gasteiger partial charge < -0.3 is 15.7 Å². The van der Waals surface area contributed by atoms with E-state index >= 15 is 0 Å². The molecule has 0 radical (unpaired) electrons. The smallest absolute Gasteiger partial charge is 0.337 e. The third-order valence-electron chi connectivity index (χ3n) is 4.02. The Hall–Kier alpha value is -2.04. The fourth-order valence-corrected chi connectivity index (χ4v) is 2.60. The topological polar surface area (TPSA) is 78.4 Å². The van der Waals surface area contributed by atoms with Crippen molar-refractivity contribution in [3.63, 3.8) is 0 Å². The van der Waals surface area contributed by atoms with Gasteiger partial charge in [0.05, 0.1) is 11.3 Å². The van der Waals surface area contributed by atoms with Gasteiger partial charge in [-0.2, -0.15) is 0 Å². The highest BCUT2D eigenvalue weighted by Crippen LogP contribution is 2.48. The summed E-state index contributed by atoms with van der Waals surface area (Å²) in [4.78, 5) is 23.1. The molecule has 0 bridgehead atoms. The standard InChI is InChI=1S/C16H22N2O3/c1-3-6-16(7-8-16)10-17-15(21)18-13-5-4-11(2)9-12(13)14(19)20/h4-5,9H,3,6-8,10H2,1-2H3,(H,19,20)(H2,17,18,21). The Balaban J connectivity index is 1.95. The molecule has 1 aromatic carbocycles. The molecular formula is C16H22N2O3. The molecule has 5 heteroatoms. The lowest BCUT2D eigenvalue weighted by atomic mass is 10.0. The van der Waals surface area contributed by atoms with Crippen LogP contribution in [-0.4, -0.2) is 23.7 Å². The predicted octanol–water partition coefficient (Wildman–Crippen LogP) is 3.40. The quantitative estimate of drug-likeness (QED) is 0.751. The maximum Gasteiger partial charge on any atom is 0.337 e. The number of carbonyl (C=O) groups is 2. The van der Waals surface area contributed by atoms with E-state index in [0.717, 1.165) is 31.2 Å². The van der Waals surface area contributed by atoms with Crippen LogP contribution < -0.4 is 10.6 Å². The number of amides is 2. The summed E-state index contributed by atoms with van der Waals surface area (Å²) in [5.41, 5.74) is 1.55. The SMILES string of the molecule is CCCC1(CNC(=O)Nc2ccc(C)cc2C(=O)O)CC1. The lowest BCUT2D eigenvalue weighted by Gasteiger charge is -2.16. The van der Waals surface area contributed by atoms with E-state index in [0.29, 0.717) is 12.2 Å². The Morgan fingerprint density at radius 1 is 1.33 bits per heavy atom. The monoisotopic (exact) mass is 290 g/mol. The highest BCUT2D eigenvalue weighted by Gasteiger charge is 2.41. The van der Waals surface area contributed by atoms with E-state index in [9.17, 15) is 14.7 Å². The second-order valence-corrected chi connectivity index (χ2v) is 5.91. The average Bonchev–Trinajstić information content (AvgIpc) is 3.19. The molecular weight excluding hydrogens is 268 g/mol. The van der Waals surface area contributed by atoms with Crippen LogP contribution in [-0.2, 0) is 0 Å². The molecule has 2 amide bonds. The number of anilines is 1. The van der Waals surface area contributed by atoms with E-state index in [2.05, 4.69) is 17.6 Å². The molecule has 0 aliphatic heterocycles. The number of rotatable bonds is 6. The van der Waals surface area contributed by atoms with E-state index in [4.69, 9.17) is 0 Å². The zero-order chi connectivity index (χ0) is 15.5. The van der Waals surface area contributed by atoms with Crippen LogP contribution >= 0.6 is 0 Å². The first-order valence-corrected chi connectivity index (χ1v) is 7.34. The van der Waals surface area contributed by atoms with Gasteiger partial charge in [-0.3, -0.25) is 0 Å². The fourth-order valence-electron chi connectivity index (χ4n) is 2.60. The van der Waals surface area contributed by atoms with Crippen molar-refractivity contribution in [3.8, 4) is 0 Å². The summed E-state index contributed by atoms with van der Waals surface area (Å²) in [7, 11) is 0. The van der Waals surface area contributed by atoms with E-state index in [1.165, 1.54) is 0 Å². The maximum absolute atomic E-state index is 11.9. The summed E-state index contributed by atoms with van der Waals surface area (Å²) in [5, 5.41) is 14.7. The van der Waals surface area contributed by atoms with Gasteiger partial charge in [-0.1, -0.05) is 25.0 Å². The predicted molar refractivity (Wildman–Crippen MR) is 81.7 cm³/mol. The lowest BCUT2D eigenvalue weighted by Crippen LogP contribution is -2.34. The second kappa shape index (κ2) is 6.16. The van der Waals surface area contributed by atoms with E-state index in [1.807, 2.05) is 6.92 Å². The first-order valence-electron chi connectivity index (χ1n) is 7.34. The summed E-state index contributed by atoms with van der Waals surface area (Å²) < 4.78 is 0. The first kappa shape index (κ1) is 15.4. The highest BCUT2D eigenvalue weighted by atomic mass is 16.4. The molecule has 0 saturated heterocycles. The molecule has 1 aliphatic carbocycles. The van der Waals surface area contributed by atoms with Crippen molar-refractivity contribution in [3.05, 3.63) is 29.3 Å². The summed E-state index contributed by atoms with van der Waals surface area (Å²) in [6.07, 6.45) is 4.56. The van der Waals surface area contributed by atoms with Gasteiger partial charge in [-0.05, 0) is 43.7 Å². The molecule has 1 aliphatic rings. The average molecular weight is 290 g/mol. The number of nitrogens with one attached hydrogen (secondary N) is 2. The molecule has 0 atom stereocenters. The van der Waals surface area contributed by atoms with Crippen LogP contribution in [0, 0.1) is 12.3 Å². The Labute approximate surface area is 124 Å². The zero-order valence-electron chi connectivity index (χ0n) is 12.5. The normalized spacial score (nSPS) is 15.3. The lowest BCUT2D eigenvalue weighted by molar-refractivity contribution is 0.0698. The van der Waals surface area contributed by atoms with Gasteiger partial charge in [0, 0.05) is 6.54 Å². The van der Waals surface area contributed by atoms with Crippen molar-refractivity contribution < 1.29 is 14.7 Å². The van der Waals surface area contributed by atoms with Crippen LogP contribution in [0.1, 0.15) is 48.5 Å². The molecule has 1 aromatic rings. The number of hydrogen-bond acceptors (Lipinski definition) is 2.